The molecule has 2 fully saturated rings. The van der Waals surface area contributed by atoms with E-state index in [0.29, 0.717) is 15.8 Å². The molecule has 1 aromatic heterocycles. The number of hydrogen-bond acceptors (Lipinski definition) is 8. The van der Waals surface area contributed by atoms with Crippen LogP contribution in [0.25, 0.3) is 0 Å². The van der Waals surface area contributed by atoms with Crippen molar-refractivity contribution in [1.82, 2.24) is 4.98 Å². The molecule has 0 N–H and O–H groups in total. The molecule has 2 aromatic carbocycles. The van der Waals surface area contributed by atoms with Crippen LogP contribution in [0.2, 0.25) is 0 Å². The molecule has 0 amide bonds. The van der Waals surface area contributed by atoms with E-state index in [-0.39, 0.29) is 56.1 Å². The lowest BCUT2D eigenvalue weighted by atomic mass is 9.54. The molecule has 2 aliphatic carbocycles. The number of carbonyl (C=O) groups is 1. The van der Waals surface area contributed by atoms with Gasteiger partial charge in [-0.25, -0.2) is 4.98 Å². The topological polar surface area (TPSA) is 111 Å². The maximum absolute atomic E-state index is 13.9. The fraction of sp³-hybridized carbons (Fsp3) is 0.429. The highest BCUT2D eigenvalue weighted by Crippen LogP contribution is 2.60. The van der Waals surface area contributed by atoms with E-state index in [1.807, 2.05) is 13.8 Å². The van der Waals surface area contributed by atoms with E-state index in [4.69, 9.17) is 9.72 Å². The zero-order chi connectivity index (χ0) is 27.7. The molecular formula is C28H30N2O6S3. The van der Waals surface area contributed by atoms with Crippen LogP contribution < -0.4 is 3.71 Å². The molecule has 6 atom stereocenters. The Kier molecular flexibility index (Phi) is 6.20. The second kappa shape index (κ2) is 9.14. The molecule has 1 saturated carbocycles. The maximum atomic E-state index is 13.9. The number of anilines is 1. The van der Waals surface area contributed by atoms with Crippen LogP contribution in [0.3, 0.4) is 0 Å². The molecule has 3 aromatic rings. The Morgan fingerprint density at radius 1 is 0.923 bits per heavy atom. The van der Waals surface area contributed by atoms with Gasteiger partial charge in [0, 0.05) is 22.6 Å². The summed E-state index contributed by atoms with van der Waals surface area (Å²) in [5, 5.41) is -0.102. The van der Waals surface area contributed by atoms with E-state index in [9.17, 15) is 21.6 Å². The van der Waals surface area contributed by atoms with Crippen molar-refractivity contribution in [3.63, 3.8) is 0 Å². The standard InChI is InChI=1S/C28H30N2O6S3/c1-17-21-14-15-28(3)16-22-24(18(2)23(28)25(21)36-26(17)31)29-27(37-22)30(38(32,33)19-10-6-4-7-11-19)39(34,35)20-12-8-5-9-13-20/h4-13,17-18,21,23,25H,14-16H2,1-3H3/t17-,18-,21-,23+,25-,28-/m0/s1. The van der Waals surface area contributed by atoms with Crippen molar-refractivity contribution < 1.29 is 26.4 Å². The van der Waals surface area contributed by atoms with Gasteiger partial charge in [-0.15, -0.1) is 3.71 Å². The number of benzene rings is 2. The van der Waals surface area contributed by atoms with Gasteiger partial charge >= 0.3 is 5.97 Å². The first-order valence-electron chi connectivity index (χ1n) is 13.1. The Morgan fingerprint density at radius 3 is 2.05 bits per heavy atom. The number of esters is 1. The summed E-state index contributed by atoms with van der Waals surface area (Å²) in [6.45, 7) is 6.16. The fourth-order valence-corrected chi connectivity index (χ4v) is 12.3. The first-order chi connectivity index (χ1) is 18.4. The van der Waals surface area contributed by atoms with Crippen molar-refractivity contribution in [3.05, 3.63) is 71.2 Å². The van der Waals surface area contributed by atoms with Crippen LogP contribution in [0.5, 0.6) is 0 Å². The second-order valence-corrected chi connectivity index (χ2v) is 16.0. The van der Waals surface area contributed by atoms with Crippen LogP contribution in [0.15, 0.2) is 70.5 Å². The molecule has 1 aliphatic heterocycles. The van der Waals surface area contributed by atoms with Crippen molar-refractivity contribution in [1.29, 1.82) is 0 Å². The number of carbonyl (C=O) groups excluding carboxylic acids is 1. The number of ether oxygens (including phenoxy) is 1. The second-order valence-electron chi connectivity index (χ2n) is 11.2. The highest BCUT2D eigenvalue weighted by molar-refractivity contribution is 8.10. The number of rotatable bonds is 5. The van der Waals surface area contributed by atoms with Gasteiger partial charge in [0.25, 0.3) is 20.0 Å². The molecule has 0 unspecified atom stereocenters. The van der Waals surface area contributed by atoms with Crippen molar-refractivity contribution in [2.75, 3.05) is 3.71 Å². The Labute approximate surface area is 233 Å². The largest absolute Gasteiger partial charge is 0.461 e. The molecule has 0 radical (unpaired) electrons. The zero-order valence-electron chi connectivity index (χ0n) is 21.9. The number of aromatic nitrogens is 1. The molecule has 8 nitrogen and oxygen atoms in total. The van der Waals surface area contributed by atoms with E-state index >= 15 is 0 Å². The summed E-state index contributed by atoms with van der Waals surface area (Å²) < 4.78 is 62.2. The Bertz CT molecular complexity index is 1570. The summed E-state index contributed by atoms with van der Waals surface area (Å²) in [6, 6.07) is 15.1. The van der Waals surface area contributed by atoms with Gasteiger partial charge in [0.15, 0.2) is 0 Å². The van der Waals surface area contributed by atoms with Crippen LogP contribution >= 0.6 is 11.3 Å². The Morgan fingerprint density at radius 2 is 1.49 bits per heavy atom. The van der Waals surface area contributed by atoms with Crippen LogP contribution in [0.1, 0.15) is 50.1 Å². The molecule has 206 valence electrons. The lowest BCUT2D eigenvalue weighted by Gasteiger charge is -2.51. The number of thiazole rings is 1. The average molecular weight is 587 g/mol. The first-order valence-corrected chi connectivity index (χ1v) is 16.8. The van der Waals surface area contributed by atoms with Gasteiger partial charge in [0.05, 0.1) is 21.4 Å². The lowest BCUT2D eigenvalue weighted by molar-refractivity contribution is -0.149. The smallest absolute Gasteiger partial charge is 0.309 e. The summed E-state index contributed by atoms with van der Waals surface area (Å²) in [7, 11) is -9.05. The SMILES string of the molecule is C[C@@H]1C(=O)O[C@H]2[C@H]1CC[C@@]1(C)Cc3sc(N(S(=O)(=O)c4ccccc4)S(=O)(=O)c4ccccc4)nc3[C@@H](C)[C@H]21. The number of nitrogens with zero attached hydrogens (tertiary/aromatic N) is 2. The minimum absolute atomic E-state index is 0.0116. The monoisotopic (exact) mass is 586 g/mol. The van der Waals surface area contributed by atoms with Crippen LogP contribution in [0, 0.1) is 23.2 Å². The Hall–Kier alpha value is -2.76. The van der Waals surface area contributed by atoms with Gasteiger partial charge in [-0.05, 0) is 48.9 Å². The zero-order valence-corrected chi connectivity index (χ0v) is 24.3. The third-order valence-electron chi connectivity index (χ3n) is 8.82. The number of hydrogen-bond donors (Lipinski definition) is 0. The molecule has 39 heavy (non-hydrogen) atoms. The average Bonchev–Trinajstić information content (AvgIpc) is 3.44. The van der Waals surface area contributed by atoms with Gasteiger partial charge < -0.3 is 4.74 Å². The predicted octanol–water partition coefficient (Wildman–Crippen LogP) is 4.98. The van der Waals surface area contributed by atoms with Crippen LogP contribution in [0.4, 0.5) is 5.13 Å². The summed E-state index contributed by atoms with van der Waals surface area (Å²) in [5.74, 6) is -0.305. The summed E-state index contributed by atoms with van der Waals surface area (Å²) in [4.78, 5) is 17.8. The predicted molar refractivity (Wildman–Crippen MR) is 147 cm³/mol. The van der Waals surface area contributed by atoms with Crippen molar-refractivity contribution in [2.24, 2.45) is 23.2 Å². The van der Waals surface area contributed by atoms with E-state index in [2.05, 4.69) is 6.92 Å². The molecule has 11 heteroatoms. The minimum atomic E-state index is -4.52. The van der Waals surface area contributed by atoms with E-state index in [1.54, 1.807) is 36.4 Å². The minimum Gasteiger partial charge on any atom is -0.461 e. The van der Waals surface area contributed by atoms with Crippen LogP contribution in [-0.4, -0.2) is 33.9 Å². The van der Waals surface area contributed by atoms with Gasteiger partial charge in [-0.2, -0.15) is 16.8 Å². The van der Waals surface area contributed by atoms with Gasteiger partial charge in [0.2, 0.25) is 5.13 Å². The number of sulfonamides is 2. The molecule has 1 saturated heterocycles. The highest BCUT2D eigenvalue weighted by atomic mass is 32.3. The Balaban J connectivity index is 1.49. The fourth-order valence-electron chi connectivity index (χ4n) is 6.86. The van der Waals surface area contributed by atoms with Crippen molar-refractivity contribution in [3.8, 4) is 0 Å². The quantitative estimate of drug-likeness (QED) is 0.388. The molecule has 6 rings (SSSR count). The first kappa shape index (κ1) is 26.5. The normalized spacial score (nSPS) is 30.1. The molecule has 0 bridgehead atoms. The van der Waals surface area contributed by atoms with Gasteiger partial charge in [-0.1, -0.05) is 68.5 Å². The summed E-state index contributed by atoms with van der Waals surface area (Å²) in [6.07, 6.45) is 2.19. The number of fused-ring (bicyclic) bond motifs is 4. The van der Waals surface area contributed by atoms with E-state index < -0.39 is 20.0 Å². The summed E-state index contributed by atoms with van der Waals surface area (Å²) in [5.41, 5.74) is 0.508. The van der Waals surface area contributed by atoms with E-state index in [1.165, 1.54) is 24.3 Å². The third kappa shape index (κ3) is 4.03. The van der Waals surface area contributed by atoms with Gasteiger partial charge in [0.1, 0.15) is 6.10 Å². The molecule has 0 spiro atoms. The van der Waals surface area contributed by atoms with Crippen molar-refractivity contribution in [2.45, 2.75) is 61.8 Å². The van der Waals surface area contributed by atoms with Crippen LogP contribution in [-0.2, 0) is 36.0 Å². The molecule has 2 heterocycles. The molecular weight excluding hydrogens is 557 g/mol. The summed E-state index contributed by atoms with van der Waals surface area (Å²) >= 11 is 1.12. The van der Waals surface area contributed by atoms with Gasteiger partial charge in [-0.3, -0.25) is 4.79 Å². The highest BCUT2D eigenvalue weighted by Gasteiger charge is 2.59. The maximum Gasteiger partial charge on any atom is 0.309 e. The van der Waals surface area contributed by atoms with E-state index in [0.717, 1.165) is 29.1 Å². The third-order valence-corrected chi connectivity index (χ3v) is 14.2. The molecule has 3 aliphatic rings. The lowest BCUT2D eigenvalue weighted by Crippen LogP contribution is -2.50. The van der Waals surface area contributed by atoms with Crippen molar-refractivity contribution >= 4 is 42.5 Å².